The maximum atomic E-state index is 12.7. The Bertz CT molecular complexity index is 1450. The summed E-state index contributed by atoms with van der Waals surface area (Å²) in [4.78, 5) is 28.8. The Morgan fingerprint density at radius 2 is 1.81 bits per heavy atom. The summed E-state index contributed by atoms with van der Waals surface area (Å²) in [5.74, 6) is 0.663. The molecule has 1 N–H and O–H groups in total. The topological polar surface area (TPSA) is 85.8 Å². The molecule has 3 heterocycles. The van der Waals surface area contributed by atoms with Gasteiger partial charge in [0.2, 0.25) is 0 Å². The number of benzene rings is 2. The first-order chi connectivity index (χ1) is 15.2. The van der Waals surface area contributed by atoms with Crippen molar-refractivity contribution in [3.05, 3.63) is 95.5 Å². The fraction of sp³-hybridized carbons (Fsp3) is 0.0417. The van der Waals surface area contributed by atoms with Gasteiger partial charge in [-0.2, -0.15) is 0 Å². The van der Waals surface area contributed by atoms with E-state index in [-0.39, 0.29) is 12.5 Å². The molecule has 7 nitrogen and oxygen atoms in total. The predicted molar refractivity (Wildman–Crippen MR) is 117 cm³/mol. The number of pyridine rings is 1. The lowest BCUT2D eigenvalue weighted by Crippen LogP contribution is -2.21. The summed E-state index contributed by atoms with van der Waals surface area (Å²) in [5, 5.41) is 3.68. The van der Waals surface area contributed by atoms with E-state index in [0.717, 1.165) is 16.6 Å². The van der Waals surface area contributed by atoms with Gasteiger partial charge in [-0.1, -0.05) is 36.4 Å². The number of carbonyl (C=O) groups excluding carboxylic acids is 1. The number of imidazole rings is 1. The van der Waals surface area contributed by atoms with Gasteiger partial charge in [0.05, 0.1) is 0 Å². The Hall–Kier alpha value is -4.39. The van der Waals surface area contributed by atoms with Gasteiger partial charge < -0.3 is 14.5 Å². The Morgan fingerprint density at radius 1 is 1.00 bits per heavy atom. The maximum absolute atomic E-state index is 12.7. The summed E-state index contributed by atoms with van der Waals surface area (Å²) in [7, 11) is 0. The summed E-state index contributed by atoms with van der Waals surface area (Å²) in [6.07, 6.45) is 1.84. The second-order valence-electron chi connectivity index (χ2n) is 6.89. The highest BCUT2D eigenvalue weighted by atomic mass is 16.5. The number of carbonyl (C=O) groups is 1. The van der Waals surface area contributed by atoms with Crippen molar-refractivity contribution in [3.63, 3.8) is 0 Å². The van der Waals surface area contributed by atoms with Crippen LogP contribution >= 0.6 is 0 Å². The van der Waals surface area contributed by atoms with Gasteiger partial charge in [0, 0.05) is 29.3 Å². The number of rotatable bonds is 5. The van der Waals surface area contributed by atoms with Crippen LogP contribution in [-0.4, -0.2) is 21.9 Å². The maximum Gasteiger partial charge on any atom is 0.336 e. The fourth-order valence-corrected chi connectivity index (χ4v) is 3.36. The van der Waals surface area contributed by atoms with Crippen LogP contribution in [0.25, 0.3) is 27.9 Å². The number of amides is 1. The molecule has 1 amide bonds. The SMILES string of the molecule is O=C(COc1ccc2ccc(=O)oc2c1)Nc1c(-c2ccccc2)nc2ccccn12. The van der Waals surface area contributed by atoms with Crippen LogP contribution in [-0.2, 0) is 4.79 Å². The average molecular weight is 411 g/mol. The molecule has 0 aliphatic rings. The molecule has 0 radical (unpaired) electrons. The molecule has 3 aromatic heterocycles. The van der Waals surface area contributed by atoms with Crippen molar-refractivity contribution in [1.29, 1.82) is 0 Å². The lowest BCUT2D eigenvalue weighted by atomic mass is 10.1. The first-order valence-corrected chi connectivity index (χ1v) is 9.66. The number of nitrogens with zero attached hydrogens (tertiary/aromatic N) is 2. The minimum absolute atomic E-state index is 0.211. The van der Waals surface area contributed by atoms with E-state index in [4.69, 9.17) is 9.15 Å². The molecule has 0 unspecified atom stereocenters. The van der Waals surface area contributed by atoms with Crippen molar-refractivity contribution in [3.8, 4) is 17.0 Å². The molecule has 0 saturated heterocycles. The quantitative estimate of drug-likeness (QED) is 0.440. The Morgan fingerprint density at radius 3 is 2.68 bits per heavy atom. The average Bonchev–Trinajstić information content (AvgIpc) is 3.16. The van der Waals surface area contributed by atoms with Gasteiger partial charge in [-0.15, -0.1) is 0 Å². The van der Waals surface area contributed by atoms with E-state index in [0.29, 0.717) is 22.8 Å². The molecule has 0 aliphatic heterocycles. The highest BCUT2D eigenvalue weighted by Crippen LogP contribution is 2.28. The predicted octanol–water partition coefficient (Wildman–Crippen LogP) is 4.13. The summed E-state index contributed by atoms with van der Waals surface area (Å²) in [6.45, 7) is -0.211. The Kier molecular flexibility index (Phi) is 4.68. The van der Waals surface area contributed by atoms with E-state index >= 15 is 0 Å². The highest BCUT2D eigenvalue weighted by Gasteiger charge is 2.16. The van der Waals surface area contributed by atoms with Crippen molar-refractivity contribution >= 4 is 28.3 Å². The van der Waals surface area contributed by atoms with Gasteiger partial charge in [0.1, 0.15) is 28.5 Å². The van der Waals surface area contributed by atoms with Gasteiger partial charge in [-0.3, -0.25) is 9.20 Å². The molecule has 0 atom stereocenters. The molecule has 5 aromatic rings. The van der Waals surface area contributed by atoms with E-state index in [2.05, 4.69) is 10.3 Å². The summed E-state index contributed by atoms with van der Waals surface area (Å²) >= 11 is 0. The molecule has 0 saturated carbocycles. The van der Waals surface area contributed by atoms with E-state index in [9.17, 15) is 9.59 Å². The molecular formula is C24H17N3O4. The van der Waals surface area contributed by atoms with Crippen LogP contribution in [0, 0.1) is 0 Å². The fourth-order valence-electron chi connectivity index (χ4n) is 3.36. The highest BCUT2D eigenvalue weighted by molar-refractivity contribution is 5.95. The second-order valence-corrected chi connectivity index (χ2v) is 6.89. The number of nitrogens with one attached hydrogen (secondary N) is 1. The number of hydrogen-bond donors (Lipinski definition) is 1. The number of aromatic nitrogens is 2. The second kappa shape index (κ2) is 7.79. The van der Waals surface area contributed by atoms with E-state index in [1.54, 1.807) is 24.3 Å². The van der Waals surface area contributed by atoms with Crippen LogP contribution in [0.15, 0.2) is 94.3 Å². The van der Waals surface area contributed by atoms with Crippen LogP contribution in [0.1, 0.15) is 0 Å². The van der Waals surface area contributed by atoms with Gasteiger partial charge in [0.15, 0.2) is 6.61 Å². The largest absolute Gasteiger partial charge is 0.484 e. The monoisotopic (exact) mass is 411 g/mol. The van der Waals surface area contributed by atoms with Crippen LogP contribution in [0.3, 0.4) is 0 Å². The molecule has 5 rings (SSSR count). The van der Waals surface area contributed by atoms with Crippen LogP contribution < -0.4 is 15.7 Å². The zero-order valence-corrected chi connectivity index (χ0v) is 16.3. The van der Waals surface area contributed by atoms with E-state index < -0.39 is 5.63 Å². The van der Waals surface area contributed by atoms with Gasteiger partial charge in [0.25, 0.3) is 5.91 Å². The summed E-state index contributed by atoms with van der Waals surface area (Å²) in [5.41, 5.74) is 2.25. The van der Waals surface area contributed by atoms with Crippen molar-refractivity contribution in [1.82, 2.24) is 9.38 Å². The van der Waals surface area contributed by atoms with E-state index in [1.165, 1.54) is 6.07 Å². The summed E-state index contributed by atoms with van der Waals surface area (Å²) in [6, 6.07) is 23.4. The minimum Gasteiger partial charge on any atom is -0.484 e. The first-order valence-electron chi connectivity index (χ1n) is 9.66. The Balaban J connectivity index is 1.39. The van der Waals surface area contributed by atoms with Crippen LogP contribution in [0.4, 0.5) is 5.82 Å². The molecule has 0 fully saturated rings. The van der Waals surface area contributed by atoms with Crippen molar-refractivity contribution in [2.24, 2.45) is 0 Å². The normalized spacial score (nSPS) is 11.0. The zero-order valence-electron chi connectivity index (χ0n) is 16.3. The molecule has 0 spiro atoms. The van der Waals surface area contributed by atoms with Gasteiger partial charge in [-0.05, 0) is 30.3 Å². The van der Waals surface area contributed by atoms with Crippen LogP contribution in [0.2, 0.25) is 0 Å². The van der Waals surface area contributed by atoms with Crippen molar-refractivity contribution in [2.75, 3.05) is 11.9 Å². The number of hydrogen-bond acceptors (Lipinski definition) is 5. The van der Waals surface area contributed by atoms with Crippen molar-refractivity contribution in [2.45, 2.75) is 0 Å². The molecule has 7 heteroatoms. The van der Waals surface area contributed by atoms with Crippen LogP contribution in [0.5, 0.6) is 5.75 Å². The number of anilines is 1. The lowest BCUT2D eigenvalue weighted by molar-refractivity contribution is -0.118. The van der Waals surface area contributed by atoms with Gasteiger partial charge >= 0.3 is 5.63 Å². The third kappa shape index (κ3) is 3.76. The standard InChI is InChI=1S/C24H17N3O4/c28-21(15-30-18-11-9-16-10-12-22(29)31-19(16)14-18)26-24-23(17-6-2-1-3-7-17)25-20-8-4-5-13-27(20)24/h1-14H,15H2,(H,26,28). The Labute approximate surface area is 176 Å². The molecule has 152 valence electrons. The summed E-state index contributed by atoms with van der Waals surface area (Å²) < 4.78 is 12.6. The number of fused-ring (bicyclic) bond motifs is 2. The number of ether oxygens (including phenoxy) is 1. The third-order valence-electron chi connectivity index (χ3n) is 4.80. The third-order valence-corrected chi connectivity index (χ3v) is 4.80. The molecular weight excluding hydrogens is 394 g/mol. The van der Waals surface area contributed by atoms with Crippen molar-refractivity contribution < 1.29 is 13.9 Å². The van der Waals surface area contributed by atoms with E-state index in [1.807, 2.05) is 59.1 Å². The smallest absolute Gasteiger partial charge is 0.336 e. The molecule has 2 aromatic carbocycles. The molecule has 31 heavy (non-hydrogen) atoms. The molecule has 0 aliphatic carbocycles. The molecule has 0 bridgehead atoms. The van der Waals surface area contributed by atoms with Gasteiger partial charge in [-0.25, -0.2) is 9.78 Å². The zero-order chi connectivity index (χ0) is 21.2. The first kappa shape index (κ1) is 18.6. The minimum atomic E-state index is -0.441. The lowest BCUT2D eigenvalue weighted by Gasteiger charge is -2.09.